The van der Waals surface area contributed by atoms with E-state index >= 15 is 0 Å². The minimum Gasteiger partial charge on any atom is -0.385 e. The molecule has 0 aromatic carbocycles. The number of ether oxygens (including phenoxy) is 1. The largest absolute Gasteiger partial charge is 0.385 e. The highest BCUT2D eigenvalue weighted by atomic mass is 32.2. The van der Waals surface area contributed by atoms with Crippen LogP contribution in [-0.2, 0) is 15.5 Å². The number of nitrogens with one attached hydrogen (secondary N) is 1. The van der Waals surface area contributed by atoms with Gasteiger partial charge in [-0.1, -0.05) is 0 Å². The van der Waals surface area contributed by atoms with Crippen LogP contribution in [0.25, 0.3) is 0 Å². The molecule has 0 aliphatic carbocycles. The molecule has 13 heavy (non-hydrogen) atoms. The third-order valence-corrected chi connectivity index (χ3v) is 2.60. The van der Waals surface area contributed by atoms with E-state index in [0.29, 0.717) is 0 Å². The lowest BCUT2D eigenvalue weighted by molar-refractivity contribution is 0.192. The molecule has 1 unspecified atom stereocenters. The summed E-state index contributed by atoms with van der Waals surface area (Å²) in [7, 11) is 1.09. The van der Waals surface area contributed by atoms with Gasteiger partial charge in [0.25, 0.3) is 0 Å². The molecular formula is C9H21NO2S. The second-order valence-corrected chi connectivity index (χ2v) is 4.64. The van der Waals surface area contributed by atoms with Crippen LogP contribution in [0.5, 0.6) is 0 Å². The van der Waals surface area contributed by atoms with Gasteiger partial charge in [-0.2, -0.15) is 0 Å². The van der Waals surface area contributed by atoms with Gasteiger partial charge < -0.3 is 10.1 Å². The average Bonchev–Trinajstić information content (AvgIpc) is 2.09. The van der Waals surface area contributed by atoms with Crippen LogP contribution in [0.1, 0.15) is 19.3 Å². The Kier molecular flexibility index (Phi) is 10.2. The van der Waals surface area contributed by atoms with Gasteiger partial charge in [0.1, 0.15) is 0 Å². The van der Waals surface area contributed by atoms with Crippen molar-refractivity contribution in [2.45, 2.75) is 19.3 Å². The standard InChI is InChI=1S/C9H21NO2S/c1-12-8-4-3-6-10-7-5-9-13(2)11/h10H,3-9H2,1-2H3. The van der Waals surface area contributed by atoms with Gasteiger partial charge in [-0.3, -0.25) is 4.21 Å². The van der Waals surface area contributed by atoms with Crippen molar-refractivity contribution in [2.24, 2.45) is 0 Å². The second-order valence-electron chi connectivity index (χ2n) is 3.08. The van der Waals surface area contributed by atoms with E-state index in [0.717, 1.165) is 44.7 Å². The number of methoxy groups -OCH3 is 1. The Morgan fingerprint density at radius 2 is 1.92 bits per heavy atom. The van der Waals surface area contributed by atoms with Gasteiger partial charge in [-0.25, -0.2) is 0 Å². The van der Waals surface area contributed by atoms with Crippen molar-refractivity contribution in [1.82, 2.24) is 5.32 Å². The zero-order valence-electron chi connectivity index (χ0n) is 8.67. The molecule has 0 heterocycles. The first-order valence-corrected chi connectivity index (χ1v) is 6.49. The molecule has 1 atom stereocenters. The molecule has 0 aromatic heterocycles. The summed E-state index contributed by atoms with van der Waals surface area (Å²) in [5.74, 6) is 0.811. The highest BCUT2D eigenvalue weighted by Gasteiger charge is 1.91. The van der Waals surface area contributed by atoms with Crippen LogP contribution in [0.4, 0.5) is 0 Å². The molecule has 0 aliphatic heterocycles. The van der Waals surface area contributed by atoms with Crippen molar-refractivity contribution < 1.29 is 8.95 Å². The Balaban J connectivity index is 2.87. The molecule has 0 aliphatic rings. The molecular weight excluding hydrogens is 186 g/mol. The van der Waals surface area contributed by atoms with Gasteiger partial charge in [0.2, 0.25) is 0 Å². The van der Waals surface area contributed by atoms with E-state index in [1.165, 1.54) is 0 Å². The smallest absolute Gasteiger partial charge is 0.0462 e. The lowest BCUT2D eigenvalue weighted by Crippen LogP contribution is -2.18. The predicted octanol–water partition coefficient (Wildman–Crippen LogP) is 0.771. The molecule has 0 amide bonds. The van der Waals surface area contributed by atoms with Crippen molar-refractivity contribution >= 4 is 10.8 Å². The Bertz CT molecular complexity index is 131. The fourth-order valence-corrected chi connectivity index (χ4v) is 1.57. The molecule has 0 radical (unpaired) electrons. The molecule has 0 rings (SSSR count). The Labute approximate surface area is 83.7 Å². The molecule has 80 valence electrons. The molecule has 0 fully saturated rings. The monoisotopic (exact) mass is 207 g/mol. The van der Waals surface area contributed by atoms with Crippen LogP contribution in [-0.4, -0.2) is 43.0 Å². The third kappa shape index (κ3) is 12.1. The zero-order chi connectivity index (χ0) is 9.94. The minimum absolute atomic E-state index is 0.636. The maximum absolute atomic E-state index is 10.7. The number of hydrogen-bond acceptors (Lipinski definition) is 3. The molecule has 3 nitrogen and oxygen atoms in total. The van der Waals surface area contributed by atoms with Gasteiger partial charge in [-0.05, 0) is 32.4 Å². The Hall–Kier alpha value is 0.0700. The van der Waals surface area contributed by atoms with Gasteiger partial charge in [-0.15, -0.1) is 0 Å². The maximum Gasteiger partial charge on any atom is 0.0462 e. The first-order chi connectivity index (χ1) is 6.27. The summed E-state index contributed by atoms with van der Waals surface area (Å²) in [5.41, 5.74) is 0. The molecule has 1 N–H and O–H groups in total. The summed E-state index contributed by atoms with van der Waals surface area (Å²) in [6.45, 7) is 2.87. The first-order valence-electron chi connectivity index (χ1n) is 4.77. The van der Waals surface area contributed by atoms with Gasteiger partial charge >= 0.3 is 0 Å². The van der Waals surface area contributed by atoms with Crippen LogP contribution in [0.3, 0.4) is 0 Å². The van der Waals surface area contributed by atoms with Gasteiger partial charge in [0, 0.05) is 36.5 Å². The van der Waals surface area contributed by atoms with E-state index < -0.39 is 10.8 Å². The number of hydrogen-bond donors (Lipinski definition) is 1. The van der Waals surface area contributed by atoms with Crippen molar-refractivity contribution in [1.29, 1.82) is 0 Å². The number of unbranched alkanes of at least 4 members (excludes halogenated alkanes) is 1. The predicted molar refractivity (Wildman–Crippen MR) is 57.5 cm³/mol. The average molecular weight is 207 g/mol. The summed E-state index contributed by atoms with van der Waals surface area (Å²) in [4.78, 5) is 0. The second kappa shape index (κ2) is 10.2. The summed E-state index contributed by atoms with van der Waals surface area (Å²) < 4.78 is 15.6. The molecule has 0 saturated carbocycles. The molecule has 0 saturated heterocycles. The highest BCUT2D eigenvalue weighted by molar-refractivity contribution is 7.84. The van der Waals surface area contributed by atoms with Crippen LogP contribution in [0, 0.1) is 0 Å². The zero-order valence-corrected chi connectivity index (χ0v) is 9.49. The summed E-state index contributed by atoms with van der Waals surface area (Å²) in [5, 5.41) is 3.31. The SMILES string of the molecule is COCCCCNCCCS(C)=O. The first kappa shape index (κ1) is 13.1. The van der Waals surface area contributed by atoms with Gasteiger partial charge in [0.05, 0.1) is 0 Å². The molecule has 0 spiro atoms. The van der Waals surface area contributed by atoms with Crippen LogP contribution < -0.4 is 5.32 Å². The van der Waals surface area contributed by atoms with E-state index in [1.54, 1.807) is 13.4 Å². The van der Waals surface area contributed by atoms with E-state index in [2.05, 4.69) is 5.32 Å². The minimum atomic E-state index is -0.636. The Morgan fingerprint density at radius 1 is 1.23 bits per heavy atom. The summed E-state index contributed by atoms with van der Waals surface area (Å²) >= 11 is 0. The van der Waals surface area contributed by atoms with E-state index in [1.807, 2.05) is 0 Å². The van der Waals surface area contributed by atoms with Gasteiger partial charge in [0.15, 0.2) is 0 Å². The van der Waals surface area contributed by atoms with Crippen molar-refractivity contribution in [2.75, 3.05) is 38.8 Å². The lowest BCUT2D eigenvalue weighted by atomic mass is 10.3. The summed E-state index contributed by atoms with van der Waals surface area (Å²) in [6.07, 6.45) is 5.03. The quantitative estimate of drug-likeness (QED) is 0.568. The fourth-order valence-electron chi connectivity index (χ4n) is 1.02. The van der Waals surface area contributed by atoms with E-state index in [-0.39, 0.29) is 0 Å². The third-order valence-electron chi connectivity index (χ3n) is 1.74. The van der Waals surface area contributed by atoms with Crippen LogP contribution >= 0.6 is 0 Å². The van der Waals surface area contributed by atoms with E-state index in [9.17, 15) is 4.21 Å². The number of rotatable bonds is 9. The molecule has 0 aromatic rings. The van der Waals surface area contributed by atoms with E-state index in [4.69, 9.17) is 4.74 Å². The molecule has 4 heteroatoms. The van der Waals surface area contributed by atoms with Crippen molar-refractivity contribution in [3.05, 3.63) is 0 Å². The fraction of sp³-hybridized carbons (Fsp3) is 1.00. The van der Waals surface area contributed by atoms with Crippen LogP contribution in [0.2, 0.25) is 0 Å². The topological polar surface area (TPSA) is 38.3 Å². The van der Waals surface area contributed by atoms with Crippen LogP contribution in [0.15, 0.2) is 0 Å². The lowest BCUT2D eigenvalue weighted by Gasteiger charge is -2.03. The van der Waals surface area contributed by atoms with Crippen molar-refractivity contribution in [3.8, 4) is 0 Å². The normalized spacial score (nSPS) is 13.1. The highest BCUT2D eigenvalue weighted by Crippen LogP contribution is 1.87. The van der Waals surface area contributed by atoms with Crippen molar-refractivity contribution in [3.63, 3.8) is 0 Å². The summed E-state index contributed by atoms with van der Waals surface area (Å²) in [6, 6.07) is 0. The molecule has 0 bridgehead atoms. The maximum atomic E-state index is 10.7. The Morgan fingerprint density at radius 3 is 2.54 bits per heavy atom.